The fourth-order valence-corrected chi connectivity index (χ4v) is 2.16. The fraction of sp³-hybridized carbons (Fsp3) is 0.500. The number of hydrogen-bond acceptors (Lipinski definition) is 3. The summed E-state index contributed by atoms with van der Waals surface area (Å²) in [4.78, 5) is 11.5. The maximum Gasteiger partial charge on any atom is 0.257 e. The van der Waals surface area contributed by atoms with Gasteiger partial charge in [0.25, 0.3) is 5.91 Å². The summed E-state index contributed by atoms with van der Waals surface area (Å²) < 4.78 is 30.9. The summed E-state index contributed by atoms with van der Waals surface area (Å²) in [5.74, 6) is -1.31. The minimum absolute atomic E-state index is 0. The van der Waals surface area contributed by atoms with Gasteiger partial charge in [0, 0.05) is 12.6 Å². The van der Waals surface area contributed by atoms with Crippen LogP contribution in [0.5, 0.6) is 5.75 Å². The van der Waals surface area contributed by atoms with Gasteiger partial charge in [-0.05, 0) is 44.0 Å². The lowest BCUT2D eigenvalue weighted by atomic mass is 10.1. The molecule has 2 N–H and O–H groups in total. The second-order valence-corrected chi connectivity index (χ2v) is 4.86. The number of ether oxygens (including phenoxy) is 1. The number of benzene rings is 1. The molecular formula is C14H19ClF2N2O2. The minimum Gasteiger partial charge on any atom is -0.481 e. The van der Waals surface area contributed by atoms with Crippen LogP contribution in [0.25, 0.3) is 0 Å². The summed E-state index contributed by atoms with van der Waals surface area (Å²) in [6.07, 6.45) is 2.05. The molecule has 0 aromatic heterocycles. The molecule has 1 atom stereocenters. The molecule has 1 amide bonds. The highest BCUT2D eigenvalue weighted by Gasteiger charge is 2.14. The molecule has 0 bridgehead atoms. The Labute approximate surface area is 128 Å². The van der Waals surface area contributed by atoms with Gasteiger partial charge in [-0.2, -0.15) is 0 Å². The lowest BCUT2D eigenvalue weighted by Crippen LogP contribution is -2.31. The highest BCUT2D eigenvalue weighted by atomic mass is 35.5. The average Bonchev–Trinajstić information content (AvgIpc) is 2.91. The number of amides is 1. The molecule has 21 heavy (non-hydrogen) atoms. The molecule has 7 heteroatoms. The second kappa shape index (κ2) is 8.79. The summed E-state index contributed by atoms with van der Waals surface area (Å²) in [6.45, 7) is 2.34. The van der Waals surface area contributed by atoms with Crippen LogP contribution in [0.3, 0.4) is 0 Å². The van der Waals surface area contributed by atoms with Gasteiger partial charge in [-0.25, -0.2) is 8.78 Å². The van der Waals surface area contributed by atoms with E-state index >= 15 is 0 Å². The molecule has 1 aromatic rings. The van der Waals surface area contributed by atoms with Crippen molar-refractivity contribution in [3.8, 4) is 5.75 Å². The Kier molecular flexibility index (Phi) is 7.39. The normalized spacial score (nSPS) is 17.1. The fourth-order valence-electron chi connectivity index (χ4n) is 2.16. The van der Waals surface area contributed by atoms with Crippen LogP contribution in [0.1, 0.15) is 12.8 Å². The molecule has 118 valence electrons. The summed E-state index contributed by atoms with van der Waals surface area (Å²) in [5, 5.41) is 5.98. The Bertz CT molecular complexity index is 468. The van der Waals surface area contributed by atoms with E-state index in [9.17, 15) is 13.6 Å². The zero-order valence-corrected chi connectivity index (χ0v) is 12.3. The Hall–Kier alpha value is -1.40. The number of carbonyl (C=O) groups excluding carboxylic acids is 1. The number of hydrogen-bond donors (Lipinski definition) is 2. The van der Waals surface area contributed by atoms with Crippen LogP contribution in [-0.4, -0.2) is 32.1 Å². The topological polar surface area (TPSA) is 50.4 Å². The lowest BCUT2D eigenvalue weighted by Gasteiger charge is -2.10. The number of carbonyl (C=O) groups is 1. The van der Waals surface area contributed by atoms with Crippen LogP contribution in [-0.2, 0) is 4.79 Å². The van der Waals surface area contributed by atoms with E-state index in [0.717, 1.165) is 38.1 Å². The summed E-state index contributed by atoms with van der Waals surface area (Å²) in [6, 6.07) is 2.98. The number of nitrogens with one attached hydrogen (secondary N) is 2. The van der Waals surface area contributed by atoms with Crippen molar-refractivity contribution < 1.29 is 18.3 Å². The van der Waals surface area contributed by atoms with E-state index in [-0.39, 0.29) is 30.7 Å². The third-order valence-electron chi connectivity index (χ3n) is 3.29. The predicted octanol–water partition coefficient (Wildman–Crippen LogP) is 1.88. The van der Waals surface area contributed by atoms with E-state index in [0.29, 0.717) is 12.5 Å². The van der Waals surface area contributed by atoms with Gasteiger partial charge in [0.05, 0.1) is 0 Å². The standard InChI is InChI=1S/C14H18F2N2O2.ClH/c15-11-1-2-13(12(16)7-11)20-9-14(19)18-6-4-10-3-5-17-8-10;/h1-2,7,10,17H,3-6,8-9H2,(H,18,19);1H. The zero-order chi connectivity index (χ0) is 14.4. The lowest BCUT2D eigenvalue weighted by molar-refractivity contribution is -0.123. The van der Waals surface area contributed by atoms with Gasteiger partial charge < -0.3 is 15.4 Å². The number of rotatable bonds is 6. The first kappa shape index (κ1) is 17.7. The zero-order valence-electron chi connectivity index (χ0n) is 11.5. The molecule has 1 aromatic carbocycles. The molecular weight excluding hydrogens is 302 g/mol. The van der Waals surface area contributed by atoms with Gasteiger partial charge in [0.15, 0.2) is 18.2 Å². The summed E-state index contributed by atoms with van der Waals surface area (Å²) in [5.41, 5.74) is 0. The van der Waals surface area contributed by atoms with Crippen molar-refractivity contribution in [2.45, 2.75) is 12.8 Å². The molecule has 1 unspecified atom stereocenters. The highest BCUT2D eigenvalue weighted by molar-refractivity contribution is 5.85. The van der Waals surface area contributed by atoms with Crippen molar-refractivity contribution >= 4 is 18.3 Å². The van der Waals surface area contributed by atoms with Gasteiger partial charge in [-0.1, -0.05) is 0 Å². The van der Waals surface area contributed by atoms with Crippen LogP contribution in [0.15, 0.2) is 18.2 Å². The molecule has 1 aliphatic heterocycles. The minimum atomic E-state index is -0.810. The van der Waals surface area contributed by atoms with E-state index in [1.165, 1.54) is 6.07 Å². The molecule has 0 spiro atoms. The van der Waals surface area contributed by atoms with Gasteiger partial charge in [0.1, 0.15) is 5.82 Å². The van der Waals surface area contributed by atoms with Crippen LogP contribution in [0.2, 0.25) is 0 Å². The van der Waals surface area contributed by atoms with Crippen molar-refractivity contribution in [3.63, 3.8) is 0 Å². The maximum absolute atomic E-state index is 13.3. The van der Waals surface area contributed by atoms with Crippen molar-refractivity contribution in [2.75, 3.05) is 26.2 Å². The van der Waals surface area contributed by atoms with E-state index in [4.69, 9.17) is 4.74 Å². The summed E-state index contributed by atoms with van der Waals surface area (Å²) >= 11 is 0. The van der Waals surface area contributed by atoms with Gasteiger partial charge >= 0.3 is 0 Å². The molecule has 1 heterocycles. The molecule has 1 aliphatic rings. The van der Waals surface area contributed by atoms with Crippen molar-refractivity contribution in [1.82, 2.24) is 10.6 Å². The molecule has 0 radical (unpaired) electrons. The molecule has 0 saturated carbocycles. The van der Waals surface area contributed by atoms with Crippen LogP contribution >= 0.6 is 12.4 Å². The molecule has 1 saturated heterocycles. The molecule has 2 rings (SSSR count). The average molecular weight is 321 g/mol. The third kappa shape index (κ3) is 5.85. The van der Waals surface area contributed by atoms with E-state index in [1.54, 1.807) is 0 Å². The first-order valence-corrected chi connectivity index (χ1v) is 6.70. The number of halogens is 3. The highest BCUT2D eigenvalue weighted by Crippen LogP contribution is 2.17. The van der Waals surface area contributed by atoms with E-state index in [1.807, 2.05) is 0 Å². The maximum atomic E-state index is 13.3. The second-order valence-electron chi connectivity index (χ2n) is 4.86. The van der Waals surface area contributed by atoms with E-state index < -0.39 is 11.6 Å². The molecule has 1 fully saturated rings. The van der Waals surface area contributed by atoms with E-state index in [2.05, 4.69) is 10.6 Å². The Balaban J connectivity index is 0.00000220. The SMILES string of the molecule is Cl.O=C(COc1ccc(F)cc1F)NCCC1CCNC1. The van der Waals surface area contributed by atoms with Gasteiger partial charge in [0.2, 0.25) is 0 Å². The smallest absolute Gasteiger partial charge is 0.257 e. The van der Waals surface area contributed by atoms with Crippen molar-refractivity contribution in [2.24, 2.45) is 5.92 Å². The first-order valence-electron chi connectivity index (χ1n) is 6.70. The Morgan fingerprint density at radius 1 is 1.43 bits per heavy atom. The third-order valence-corrected chi connectivity index (χ3v) is 3.29. The van der Waals surface area contributed by atoms with Crippen molar-refractivity contribution in [3.05, 3.63) is 29.8 Å². The largest absolute Gasteiger partial charge is 0.481 e. The molecule has 4 nitrogen and oxygen atoms in total. The summed E-state index contributed by atoms with van der Waals surface area (Å²) in [7, 11) is 0. The van der Waals surface area contributed by atoms with Crippen molar-refractivity contribution in [1.29, 1.82) is 0 Å². The Morgan fingerprint density at radius 2 is 2.24 bits per heavy atom. The van der Waals surface area contributed by atoms with Crippen LogP contribution in [0.4, 0.5) is 8.78 Å². The quantitative estimate of drug-likeness (QED) is 0.841. The predicted molar refractivity (Wildman–Crippen MR) is 77.7 cm³/mol. The first-order chi connectivity index (χ1) is 9.65. The monoisotopic (exact) mass is 320 g/mol. The molecule has 0 aliphatic carbocycles. The van der Waals surface area contributed by atoms with Crippen LogP contribution in [0, 0.1) is 17.6 Å². The van der Waals surface area contributed by atoms with Gasteiger partial charge in [-0.3, -0.25) is 4.79 Å². The Morgan fingerprint density at radius 3 is 2.90 bits per heavy atom. The van der Waals surface area contributed by atoms with Crippen LogP contribution < -0.4 is 15.4 Å². The van der Waals surface area contributed by atoms with Gasteiger partial charge in [-0.15, -0.1) is 12.4 Å².